The van der Waals surface area contributed by atoms with Gasteiger partial charge in [-0.2, -0.15) is 25.3 Å². The molecule has 0 aromatic carbocycles. The molecular formula is C5H14O9S3. The highest BCUT2D eigenvalue weighted by Crippen LogP contribution is 1.91. The highest BCUT2D eigenvalue weighted by Gasteiger charge is 2.05. The molecule has 0 aliphatic carbocycles. The summed E-state index contributed by atoms with van der Waals surface area (Å²) >= 11 is 0. The Morgan fingerprint density at radius 1 is 0.706 bits per heavy atom. The van der Waals surface area contributed by atoms with E-state index in [2.05, 4.69) is 12.5 Å². The molecule has 0 saturated carbocycles. The first kappa shape index (κ1) is 19.1. The van der Waals surface area contributed by atoms with Crippen LogP contribution in [0.2, 0.25) is 0 Å². The second-order valence-corrected chi connectivity index (χ2v) is 7.66. The summed E-state index contributed by atoms with van der Waals surface area (Å²) in [5.74, 6) is 0. The van der Waals surface area contributed by atoms with Gasteiger partial charge in [-0.3, -0.25) is 4.18 Å². The van der Waals surface area contributed by atoms with Crippen molar-refractivity contribution in [1.82, 2.24) is 0 Å². The van der Waals surface area contributed by atoms with Crippen LogP contribution >= 0.6 is 0 Å². The second kappa shape index (κ2) is 7.23. The van der Waals surface area contributed by atoms with Gasteiger partial charge in [0.05, 0.1) is 25.9 Å². The molecule has 0 unspecified atom stereocenters. The van der Waals surface area contributed by atoms with Gasteiger partial charge < -0.3 is 0 Å². The SMILES string of the molecule is COS(C)(=O)=O.CS(=O)(=O)OCOS(C)(=O)=O. The summed E-state index contributed by atoms with van der Waals surface area (Å²) in [6.07, 6.45) is 2.57. The number of hydrogen-bond acceptors (Lipinski definition) is 9. The molecule has 0 aliphatic rings. The molecule has 17 heavy (non-hydrogen) atoms. The van der Waals surface area contributed by atoms with Gasteiger partial charge in [-0.1, -0.05) is 0 Å². The second-order valence-electron chi connectivity index (χ2n) is 2.63. The lowest BCUT2D eigenvalue weighted by Gasteiger charge is -1.99. The maximum Gasteiger partial charge on any atom is 0.266 e. The highest BCUT2D eigenvalue weighted by molar-refractivity contribution is 7.86. The minimum atomic E-state index is -3.64. The molecule has 0 bridgehead atoms. The average molecular weight is 314 g/mol. The van der Waals surface area contributed by atoms with Crippen molar-refractivity contribution in [3.8, 4) is 0 Å². The van der Waals surface area contributed by atoms with Crippen molar-refractivity contribution in [1.29, 1.82) is 0 Å². The Bertz CT molecular complexity index is 465. The van der Waals surface area contributed by atoms with Gasteiger partial charge >= 0.3 is 0 Å². The van der Waals surface area contributed by atoms with Crippen LogP contribution in [0.1, 0.15) is 0 Å². The topological polar surface area (TPSA) is 130 Å². The van der Waals surface area contributed by atoms with Crippen molar-refractivity contribution in [2.24, 2.45) is 0 Å². The van der Waals surface area contributed by atoms with E-state index in [1.54, 1.807) is 0 Å². The van der Waals surface area contributed by atoms with E-state index in [0.717, 1.165) is 25.9 Å². The third-order valence-corrected chi connectivity index (χ3v) is 2.48. The van der Waals surface area contributed by atoms with E-state index in [0.29, 0.717) is 0 Å². The summed E-state index contributed by atoms with van der Waals surface area (Å²) in [6, 6.07) is 0. The Morgan fingerprint density at radius 3 is 1.06 bits per heavy atom. The van der Waals surface area contributed by atoms with Gasteiger partial charge in [0.2, 0.25) is 0 Å². The minimum Gasteiger partial charge on any atom is -0.274 e. The Hall–Kier alpha value is -0.270. The monoisotopic (exact) mass is 314 g/mol. The molecule has 0 fully saturated rings. The minimum absolute atomic E-state index is 0.790. The summed E-state index contributed by atoms with van der Waals surface area (Å²) in [7, 11) is -9.31. The highest BCUT2D eigenvalue weighted by atomic mass is 32.2. The van der Waals surface area contributed by atoms with E-state index < -0.39 is 37.1 Å². The maximum atomic E-state index is 10.2. The fourth-order valence-corrected chi connectivity index (χ4v) is 0.701. The van der Waals surface area contributed by atoms with Crippen LogP contribution in [-0.4, -0.2) is 57.9 Å². The zero-order valence-corrected chi connectivity index (χ0v) is 12.1. The molecule has 0 saturated heterocycles. The lowest BCUT2D eigenvalue weighted by atomic mass is 11.6. The molecule has 0 aliphatic heterocycles. The third kappa shape index (κ3) is 25.8. The first-order valence-corrected chi connectivity index (χ1v) is 9.16. The van der Waals surface area contributed by atoms with Crippen molar-refractivity contribution < 1.29 is 37.8 Å². The Labute approximate surface area is 101 Å². The van der Waals surface area contributed by atoms with Crippen molar-refractivity contribution in [3.05, 3.63) is 0 Å². The lowest BCUT2D eigenvalue weighted by molar-refractivity contribution is 0.135. The summed E-state index contributed by atoms with van der Waals surface area (Å²) < 4.78 is 72.3. The van der Waals surface area contributed by atoms with Crippen LogP contribution in [0.5, 0.6) is 0 Å². The molecule has 0 N–H and O–H groups in total. The standard InChI is InChI=1S/C3H8O6S2.C2H6O3S/c1-10(4,5)8-3-9-11(2,6)7;1-5-6(2,3)4/h3H2,1-2H3;1-2H3. The third-order valence-electron chi connectivity index (χ3n) is 0.827. The van der Waals surface area contributed by atoms with E-state index in [9.17, 15) is 25.3 Å². The van der Waals surface area contributed by atoms with Crippen molar-refractivity contribution in [2.45, 2.75) is 0 Å². The lowest BCUT2D eigenvalue weighted by Crippen LogP contribution is -2.10. The van der Waals surface area contributed by atoms with E-state index in [4.69, 9.17) is 0 Å². The first-order valence-electron chi connectivity index (χ1n) is 3.71. The van der Waals surface area contributed by atoms with E-state index in [1.807, 2.05) is 0 Å². The molecule has 0 aromatic heterocycles. The van der Waals surface area contributed by atoms with E-state index in [-0.39, 0.29) is 0 Å². The first-order chi connectivity index (χ1) is 7.27. The van der Waals surface area contributed by atoms with Gasteiger partial charge in [0.25, 0.3) is 30.4 Å². The fraction of sp³-hybridized carbons (Fsp3) is 1.00. The Kier molecular flexibility index (Phi) is 8.11. The molecule has 0 spiro atoms. The number of hydrogen-bond donors (Lipinski definition) is 0. The van der Waals surface area contributed by atoms with Crippen LogP contribution in [0.4, 0.5) is 0 Å². The van der Waals surface area contributed by atoms with Crippen molar-refractivity contribution in [3.63, 3.8) is 0 Å². The zero-order chi connectivity index (χ0) is 14.3. The van der Waals surface area contributed by atoms with E-state index in [1.165, 1.54) is 0 Å². The van der Waals surface area contributed by atoms with Gasteiger partial charge in [-0.25, -0.2) is 8.37 Å². The van der Waals surface area contributed by atoms with Crippen LogP contribution in [0, 0.1) is 0 Å². The Balaban J connectivity index is 0. The fourth-order valence-electron chi connectivity index (χ4n) is 0.194. The number of rotatable bonds is 5. The summed E-state index contributed by atoms with van der Waals surface area (Å²) in [4.78, 5) is 0. The molecule has 9 nitrogen and oxygen atoms in total. The zero-order valence-electron chi connectivity index (χ0n) is 9.61. The summed E-state index contributed by atoms with van der Waals surface area (Å²) in [6.45, 7) is -0.808. The van der Waals surface area contributed by atoms with Gasteiger partial charge in [0.1, 0.15) is 0 Å². The molecule has 106 valence electrons. The quantitative estimate of drug-likeness (QED) is 0.439. The summed E-state index contributed by atoms with van der Waals surface area (Å²) in [5, 5.41) is 0. The molecule has 12 heteroatoms. The largest absolute Gasteiger partial charge is 0.274 e. The van der Waals surface area contributed by atoms with E-state index >= 15 is 0 Å². The molecule has 0 atom stereocenters. The molecule has 0 heterocycles. The van der Waals surface area contributed by atoms with Gasteiger partial charge in [0.15, 0.2) is 6.79 Å². The van der Waals surface area contributed by atoms with Crippen LogP contribution in [0.15, 0.2) is 0 Å². The predicted octanol–water partition coefficient (Wildman–Crippen LogP) is -1.51. The van der Waals surface area contributed by atoms with Crippen molar-refractivity contribution >= 4 is 30.4 Å². The maximum absolute atomic E-state index is 10.2. The predicted molar refractivity (Wildman–Crippen MR) is 58.6 cm³/mol. The van der Waals surface area contributed by atoms with Crippen LogP contribution in [-0.2, 0) is 42.9 Å². The van der Waals surface area contributed by atoms with Gasteiger partial charge in [-0.05, 0) is 0 Å². The molecule has 0 radical (unpaired) electrons. The van der Waals surface area contributed by atoms with Crippen LogP contribution in [0.25, 0.3) is 0 Å². The van der Waals surface area contributed by atoms with Crippen LogP contribution in [0.3, 0.4) is 0 Å². The summed E-state index contributed by atoms with van der Waals surface area (Å²) in [5.41, 5.74) is 0. The van der Waals surface area contributed by atoms with Gasteiger partial charge in [0, 0.05) is 0 Å². The Morgan fingerprint density at radius 2 is 0.941 bits per heavy atom. The average Bonchev–Trinajstić information content (AvgIpc) is 1.98. The van der Waals surface area contributed by atoms with Gasteiger partial charge in [-0.15, -0.1) is 0 Å². The smallest absolute Gasteiger partial charge is 0.266 e. The normalized spacial score (nSPS) is 12.7. The molecule has 0 rings (SSSR count). The molecule has 0 aromatic rings. The molecule has 0 amide bonds. The van der Waals surface area contributed by atoms with Crippen molar-refractivity contribution in [2.75, 3.05) is 32.7 Å². The molecular weight excluding hydrogens is 300 g/mol. The van der Waals surface area contributed by atoms with Crippen LogP contribution < -0.4 is 0 Å².